The highest BCUT2D eigenvalue weighted by Gasteiger charge is 2.16. The zero-order valence-electron chi connectivity index (χ0n) is 9.19. The quantitative estimate of drug-likeness (QED) is 0.675. The maximum Gasteiger partial charge on any atom is 0.288 e. The smallest absolute Gasteiger partial charge is 0.288 e. The van der Waals surface area contributed by atoms with E-state index in [1.165, 1.54) is 18.2 Å². The molecule has 1 saturated heterocycles. The van der Waals surface area contributed by atoms with Gasteiger partial charge in [0.15, 0.2) is 0 Å². The van der Waals surface area contributed by atoms with Crippen molar-refractivity contribution in [2.75, 3.05) is 16.8 Å². The molecule has 1 atom stereocenters. The number of anilines is 1. The van der Waals surface area contributed by atoms with Gasteiger partial charge in [-0.05, 0) is 30.7 Å². The Hall–Kier alpha value is -0.940. The molecule has 1 aromatic carbocycles. The Morgan fingerprint density at radius 2 is 2.35 bits per heavy atom. The first kappa shape index (κ1) is 12.5. The van der Waals surface area contributed by atoms with E-state index >= 15 is 0 Å². The number of nitro benzene ring substituents is 1. The number of halogens is 1. The molecule has 6 heteroatoms. The normalized spacial score (nSPS) is 19.9. The zero-order valence-corrected chi connectivity index (χ0v) is 10.8. The summed E-state index contributed by atoms with van der Waals surface area (Å²) < 4.78 is 0. The highest BCUT2D eigenvalue weighted by molar-refractivity contribution is 7.99. The molecule has 1 aliphatic heterocycles. The summed E-state index contributed by atoms with van der Waals surface area (Å²) in [5.74, 6) is 2.30. The summed E-state index contributed by atoms with van der Waals surface area (Å²) in [6, 6.07) is 5.22. The van der Waals surface area contributed by atoms with Crippen LogP contribution in [0.3, 0.4) is 0 Å². The van der Waals surface area contributed by atoms with Crippen LogP contribution in [0.15, 0.2) is 18.2 Å². The topological polar surface area (TPSA) is 55.2 Å². The van der Waals surface area contributed by atoms with Gasteiger partial charge in [0.1, 0.15) is 5.02 Å². The van der Waals surface area contributed by atoms with E-state index < -0.39 is 4.92 Å². The summed E-state index contributed by atoms with van der Waals surface area (Å²) in [4.78, 5) is 10.2. The van der Waals surface area contributed by atoms with Gasteiger partial charge in [0.25, 0.3) is 5.69 Å². The summed E-state index contributed by atoms with van der Waals surface area (Å²) in [5, 5.41) is 14.2. The van der Waals surface area contributed by atoms with Gasteiger partial charge in [-0.1, -0.05) is 11.6 Å². The van der Waals surface area contributed by atoms with Crippen molar-refractivity contribution >= 4 is 34.7 Å². The maximum absolute atomic E-state index is 10.6. The number of hydrogen-bond acceptors (Lipinski definition) is 4. The molecule has 1 N–H and O–H groups in total. The Bertz CT molecular complexity index is 422. The molecule has 0 spiro atoms. The first-order valence-electron chi connectivity index (χ1n) is 5.45. The predicted octanol–water partition coefficient (Wildman–Crippen LogP) is 3.56. The molecule has 0 amide bonds. The van der Waals surface area contributed by atoms with Crippen molar-refractivity contribution in [1.82, 2.24) is 0 Å². The Labute approximate surface area is 109 Å². The van der Waals surface area contributed by atoms with Gasteiger partial charge in [-0.3, -0.25) is 10.1 Å². The fourth-order valence-electron chi connectivity index (χ4n) is 1.84. The molecule has 0 saturated carbocycles. The molecule has 1 aliphatic rings. The molecule has 0 aromatic heterocycles. The molecule has 1 aromatic rings. The third-order valence-electron chi connectivity index (χ3n) is 2.68. The van der Waals surface area contributed by atoms with Crippen molar-refractivity contribution in [1.29, 1.82) is 0 Å². The van der Waals surface area contributed by atoms with Crippen LogP contribution in [0, 0.1) is 10.1 Å². The molecule has 1 unspecified atom stereocenters. The van der Waals surface area contributed by atoms with E-state index in [1.807, 2.05) is 11.8 Å². The Morgan fingerprint density at radius 3 is 2.94 bits per heavy atom. The number of thioether (sulfide) groups is 1. The molecule has 1 fully saturated rings. The lowest BCUT2D eigenvalue weighted by Gasteiger charge is -2.23. The lowest BCUT2D eigenvalue weighted by molar-refractivity contribution is -0.384. The second-order valence-electron chi connectivity index (χ2n) is 3.98. The summed E-state index contributed by atoms with van der Waals surface area (Å²) in [5.41, 5.74) is 0.809. The van der Waals surface area contributed by atoms with E-state index in [0.717, 1.165) is 17.9 Å². The summed E-state index contributed by atoms with van der Waals surface area (Å²) in [6.45, 7) is 0. The molecule has 92 valence electrons. The number of nitro groups is 1. The maximum atomic E-state index is 10.6. The van der Waals surface area contributed by atoms with Crippen LogP contribution in [-0.4, -0.2) is 22.5 Å². The van der Waals surface area contributed by atoms with Crippen molar-refractivity contribution in [3.05, 3.63) is 33.3 Å². The number of nitrogens with one attached hydrogen (secondary N) is 1. The van der Waals surface area contributed by atoms with Crippen molar-refractivity contribution in [2.24, 2.45) is 0 Å². The first-order valence-corrected chi connectivity index (χ1v) is 6.98. The first-order chi connectivity index (χ1) is 8.16. The number of benzene rings is 1. The molecule has 0 radical (unpaired) electrons. The van der Waals surface area contributed by atoms with E-state index in [2.05, 4.69) is 5.32 Å². The van der Waals surface area contributed by atoms with E-state index in [4.69, 9.17) is 11.6 Å². The number of nitrogens with zero attached hydrogens (tertiary/aromatic N) is 1. The van der Waals surface area contributed by atoms with Gasteiger partial charge < -0.3 is 5.32 Å². The fourth-order valence-corrected chi connectivity index (χ4v) is 3.16. The van der Waals surface area contributed by atoms with Gasteiger partial charge in [-0.15, -0.1) is 0 Å². The molecule has 1 heterocycles. The Morgan fingerprint density at radius 1 is 1.53 bits per heavy atom. The van der Waals surface area contributed by atoms with Crippen LogP contribution in [0.1, 0.15) is 12.8 Å². The van der Waals surface area contributed by atoms with E-state index in [-0.39, 0.29) is 10.7 Å². The van der Waals surface area contributed by atoms with Crippen LogP contribution in [-0.2, 0) is 0 Å². The monoisotopic (exact) mass is 272 g/mol. The second kappa shape index (κ2) is 5.60. The minimum Gasteiger partial charge on any atom is -0.381 e. The fraction of sp³-hybridized carbons (Fsp3) is 0.455. The van der Waals surface area contributed by atoms with Gasteiger partial charge >= 0.3 is 0 Å². The molecular weight excluding hydrogens is 260 g/mol. The lowest BCUT2D eigenvalue weighted by Crippen LogP contribution is -2.25. The van der Waals surface area contributed by atoms with Gasteiger partial charge in [0.2, 0.25) is 0 Å². The van der Waals surface area contributed by atoms with E-state index in [9.17, 15) is 10.1 Å². The van der Waals surface area contributed by atoms with Crippen molar-refractivity contribution in [2.45, 2.75) is 18.9 Å². The standard InChI is InChI=1S/C11H13ClN2O2S/c12-10-6-8(3-4-11(10)14(15)16)13-9-2-1-5-17-7-9/h3-4,6,9,13H,1-2,5,7H2. The number of rotatable bonds is 3. The Balaban J connectivity index is 2.06. The zero-order chi connectivity index (χ0) is 12.3. The highest BCUT2D eigenvalue weighted by Crippen LogP contribution is 2.28. The van der Waals surface area contributed by atoms with Gasteiger partial charge in [0.05, 0.1) is 4.92 Å². The summed E-state index contributed by atoms with van der Waals surface area (Å²) >= 11 is 7.79. The molecular formula is C11H13ClN2O2S. The summed E-state index contributed by atoms with van der Waals surface area (Å²) in [7, 11) is 0. The molecule has 2 rings (SSSR count). The average Bonchev–Trinajstić information content (AvgIpc) is 2.30. The van der Waals surface area contributed by atoms with Crippen molar-refractivity contribution < 1.29 is 4.92 Å². The van der Waals surface area contributed by atoms with E-state index in [0.29, 0.717) is 6.04 Å². The predicted molar refractivity (Wildman–Crippen MR) is 72.1 cm³/mol. The van der Waals surface area contributed by atoms with Crippen LogP contribution in [0.5, 0.6) is 0 Å². The van der Waals surface area contributed by atoms with E-state index in [1.54, 1.807) is 12.1 Å². The minimum absolute atomic E-state index is 0.0461. The minimum atomic E-state index is -0.470. The molecule has 0 bridgehead atoms. The van der Waals surface area contributed by atoms with Crippen LogP contribution in [0.25, 0.3) is 0 Å². The summed E-state index contributed by atoms with van der Waals surface area (Å²) in [6.07, 6.45) is 2.35. The van der Waals surface area contributed by atoms with Gasteiger partial charge in [-0.2, -0.15) is 11.8 Å². The Kier molecular flexibility index (Phi) is 4.12. The third kappa shape index (κ3) is 3.26. The molecule has 0 aliphatic carbocycles. The van der Waals surface area contributed by atoms with Crippen LogP contribution in [0.2, 0.25) is 5.02 Å². The van der Waals surface area contributed by atoms with Crippen molar-refractivity contribution in [3.63, 3.8) is 0 Å². The van der Waals surface area contributed by atoms with Crippen LogP contribution >= 0.6 is 23.4 Å². The lowest BCUT2D eigenvalue weighted by atomic mass is 10.1. The SMILES string of the molecule is O=[N+]([O-])c1ccc(NC2CCCSC2)cc1Cl. The van der Waals surface area contributed by atoms with Crippen molar-refractivity contribution in [3.8, 4) is 0 Å². The van der Waals surface area contributed by atoms with Crippen LogP contribution < -0.4 is 5.32 Å². The third-order valence-corrected chi connectivity index (χ3v) is 4.19. The van der Waals surface area contributed by atoms with Crippen LogP contribution in [0.4, 0.5) is 11.4 Å². The molecule has 17 heavy (non-hydrogen) atoms. The van der Waals surface area contributed by atoms with Gasteiger partial charge in [-0.25, -0.2) is 0 Å². The average molecular weight is 273 g/mol. The van der Waals surface area contributed by atoms with Gasteiger partial charge in [0, 0.05) is 23.5 Å². The highest BCUT2D eigenvalue weighted by atomic mass is 35.5. The number of hydrogen-bond donors (Lipinski definition) is 1. The molecule has 4 nitrogen and oxygen atoms in total. The second-order valence-corrected chi connectivity index (χ2v) is 5.54. The largest absolute Gasteiger partial charge is 0.381 e.